The highest BCUT2D eigenvalue weighted by Crippen LogP contribution is 2.27. The van der Waals surface area contributed by atoms with Gasteiger partial charge in [0, 0.05) is 35.0 Å². The monoisotopic (exact) mass is 276 g/mol. The Labute approximate surface area is 115 Å². The Bertz CT molecular complexity index is 602. The molecule has 3 rings (SSSR count). The van der Waals surface area contributed by atoms with Crippen molar-refractivity contribution in [3.63, 3.8) is 0 Å². The van der Waals surface area contributed by atoms with E-state index in [1.807, 2.05) is 24.4 Å². The fourth-order valence-electron chi connectivity index (χ4n) is 2.28. The third kappa shape index (κ3) is 2.62. The van der Waals surface area contributed by atoms with Gasteiger partial charge in [-0.3, -0.25) is 4.79 Å². The van der Waals surface area contributed by atoms with Crippen LogP contribution in [0.3, 0.4) is 0 Å². The molecule has 0 radical (unpaired) electrons. The van der Waals surface area contributed by atoms with Gasteiger partial charge in [-0.15, -0.1) is 0 Å². The van der Waals surface area contributed by atoms with Gasteiger partial charge in [0.1, 0.15) is 0 Å². The van der Waals surface area contributed by atoms with Crippen LogP contribution in [0.25, 0.3) is 10.9 Å². The molecule has 1 saturated heterocycles. The maximum Gasteiger partial charge on any atom is 0.251 e. The lowest BCUT2D eigenvalue weighted by atomic mass is 10.0. The van der Waals surface area contributed by atoms with Gasteiger partial charge in [0.05, 0.1) is 5.60 Å². The van der Waals surface area contributed by atoms with Crippen molar-refractivity contribution in [2.75, 3.05) is 18.1 Å². The molecule has 1 aliphatic rings. The molecule has 0 aliphatic carbocycles. The van der Waals surface area contributed by atoms with Gasteiger partial charge < -0.3 is 15.4 Å². The normalized spacial score (nSPS) is 22.8. The molecule has 2 aromatic rings. The van der Waals surface area contributed by atoms with Crippen LogP contribution in [0.1, 0.15) is 16.8 Å². The SMILES string of the molecule is O=C(NCC1(O)CCSC1)c1ccc2[nH]ccc2c1. The number of aromatic amines is 1. The number of H-pyrrole nitrogens is 1. The molecule has 100 valence electrons. The minimum Gasteiger partial charge on any atom is -0.387 e. The van der Waals surface area contributed by atoms with Gasteiger partial charge in [-0.2, -0.15) is 11.8 Å². The molecule has 1 aliphatic heterocycles. The van der Waals surface area contributed by atoms with E-state index in [0.717, 1.165) is 23.1 Å². The van der Waals surface area contributed by atoms with E-state index in [1.165, 1.54) is 0 Å². The van der Waals surface area contributed by atoms with Gasteiger partial charge in [0.2, 0.25) is 0 Å². The summed E-state index contributed by atoms with van der Waals surface area (Å²) in [6.07, 6.45) is 2.60. The molecule has 0 spiro atoms. The lowest BCUT2D eigenvalue weighted by Crippen LogP contribution is -2.42. The van der Waals surface area contributed by atoms with Gasteiger partial charge >= 0.3 is 0 Å². The average molecular weight is 276 g/mol. The maximum atomic E-state index is 12.1. The topological polar surface area (TPSA) is 65.1 Å². The molecule has 5 heteroatoms. The van der Waals surface area contributed by atoms with Crippen LogP contribution in [0.2, 0.25) is 0 Å². The van der Waals surface area contributed by atoms with Crippen LogP contribution >= 0.6 is 11.8 Å². The summed E-state index contributed by atoms with van der Waals surface area (Å²) >= 11 is 1.73. The first kappa shape index (κ1) is 12.6. The van der Waals surface area contributed by atoms with Crippen molar-refractivity contribution in [1.82, 2.24) is 10.3 Å². The van der Waals surface area contributed by atoms with E-state index in [4.69, 9.17) is 0 Å². The number of aliphatic hydroxyl groups is 1. The second-order valence-electron chi connectivity index (χ2n) is 4.99. The Hall–Kier alpha value is -1.46. The number of fused-ring (bicyclic) bond motifs is 1. The number of carbonyl (C=O) groups is 1. The summed E-state index contributed by atoms with van der Waals surface area (Å²) in [7, 11) is 0. The van der Waals surface area contributed by atoms with Gasteiger partial charge in [-0.05, 0) is 36.4 Å². The highest BCUT2D eigenvalue weighted by atomic mass is 32.2. The Balaban J connectivity index is 1.69. The van der Waals surface area contributed by atoms with Crippen LogP contribution in [0, 0.1) is 0 Å². The summed E-state index contributed by atoms with van der Waals surface area (Å²) in [5, 5.41) is 14.0. The summed E-state index contributed by atoms with van der Waals surface area (Å²) in [5.74, 6) is 1.53. The van der Waals surface area contributed by atoms with Crippen molar-refractivity contribution in [3.05, 3.63) is 36.0 Å². The summed E-state index contributed by atoms with van der Waals surface area (Å²) in [4.78, 5) is 15.2. The van der Waals surface area contributed by atoms with E-state index in [1.54, 1.807) is 17.8 Å². The first-order valence-corrected chi connectivity index (χ1v) is 7.47. The quantitative estimate of drug-likeness (QED) is 0.800. The van der Waals surface area contributed by atoms with Crippen molar-refractivity contribution < 1.29 is 9.90 Å². The Kier molecular flexibility index (Phi) is 3.24. The molecule has 4 nitrogen and oxygen atoms in total. The minimum atomic E-state index is -0.738. The molecule has 1 fully saturated rings. The average Bonchev–Trinajstić information content (AvgIpc) is 3.04. The van der Waals surface area contributed by atoms with Crippen molar-refractivity contribution in [2.24, 2.45) is 0 Å². The van der Waals surface area contributed by atoms with Crippen molar-refractivity contribution in [2.45, 2.75) is 12.0 Å². The second-order valence-corrected chi connectivity index (χ2v) is 6.09. The van der Waals surface area contributed by atoms with Gasteiger partial charge in [0.25, 0.3) is 5.91 Å². The molecule has 0 saturated carbocycles. The Morgan fingerprint density at radius 2 is 2.37 bits per heavy atom. The zero-order chi connectivity index (χ0) is 13.3. The van der Waals surface area contributed by atoms with E-state index in [-0.39, 0.29) is 5.91 Å². The largest absolute Gasteiger partial charge is 0.387 e. The summed E-state index contributed by atoms with van der Waals surface area (Å²) in [6, 6.07) is 7.48. The molecular formula is C14H16N2O2S. The first-order chi connectivity index (χ1) is 9.16. The number of carbonyl (C=O) groups excluding carboxylic acids is 1. The maximum absolute atomic E-state index is 12.1. The van der Waals surface area contributed by atoms with E-state index in [0.29, 0.717) is 17.9 Å². The summed E-state index contributed by atoms with van der Waals surface area (Å²) < 4.78 is 0. The molecule has 1 aromatic carbocycles. The number of rotatable bonds is 3. The molecule has 0 bridgehead atoms. The predicted molar refractivity (Wildman–Crippen MR) is 77.5 cm³/mol. The number of thioether (sulfide) groups is 1. The molecule has 1 atom stereocenters. The van der Waals surface area contributed by atoms with E-state index < -0.39 is 5.60 Å². The van der Waals surface area contributed by atoms with Crippen LogP contribution < -0.4 is 5.32 Å². The number of nitrogens with one attached hydrogen (secondary N) is 2. The summed E-state index contributed by atoms with van der Waals surface area (Å²) in [5.41, 5.74) is 0.905. The van der Waals surface area contributed by atoms with Crippen molar-refractivity contribution >= 4 is 28.6 Å². The Morgan fingerprint density at radius 3 is 3.16 bits per heavy atom. The highest BCUT2D eigenvalue weighted by Gasteiger charge is 2.32. The van der Waals surface area contributed by atoms with Crippen LogP contribution in [-0.2, 0) is 0 Å². The lowest BCUT2D eigenvalue weighted by molar-refractivity contribution is 0.0612. The molecule has 19 heavy (non-hydrogen) atoms. The number of benzene rings is 1. The highest BCUT2D eigenvalue weighted by molar-refractivity contribution is 7.99. The Morgan fingerprint density at radius 1 is 1.47 bits per heavy atom. The van der Waals surface area contributed by atoms with Crippen molar-refractivity contribution in [1.29, 1.82) is 0 Å². The number of hydrogen-bond donors (Lipinski definition) is 3. The fraction of sp³-hybridized carbons (Fsp3) is 0.357. The third-order valence-electron chi connectivity index (χ3n) is 3.48. The zero-order valence-electron chi connectivity index (χ0n) is 10.5. The van der Waals surface area contributed by atoms with Crippen LogP contribution in [0.5, 0.6) is 0 Å². The van der Waals surface area contributed by atoms with Gasteiger partial charge in [-0.25, -0.2) is 0 Å². The predicted octanol–water partition coefficient (Wildman–Crippen LogP) is 1.77. The smallest absolute Gasteiger partial charge is 0.251 e. The van der Waals surface area contributed by atoms with Crippen LogP contribution in [0.15, 0.2) is 30.5 Å². The fourth-order valence-corrected chi connectivity index (χ4v) is 3.57. The standard InChI is InChI=1S/C14H16N2O2S/c17-13(16-8-14(18)4-6-19-9-14)11-1-2-12-10(7-11)3-5-15-12/h1-3,5,7,15,18H,4,6,8-9H2,(H,16,17). The number of aromatic nitrogens is 1. The summed E-state index contributed by atoms with van der Waals surface area (Å²) in [6.45, 7) is 0.323. The van der Waals surface area contributed by atoms with Gasteiger partial charge in [-0.1, -0.05) is 0 Å². The molecule has 1 unspecified atom stereocenters. The lowest BCUT2D eigenvalue weighted by Gasteiger charge is -2.21. The molecule has 1 aromatic heterocycles. The second kappa shape index (κ2) is 4.90. The first-order valence-electron chi connectivity index (χ1n) is 6.32. The van der Waals surface area contributed by atoms with Crippen LogP contribution in [0.4, 0.5) is 0 Å². The molecule has 2 heterocycles. The zero-order valence-corrected chi connectivity index (χ0v) is 11.3. The van der Waals surface area contributed by atoms with E-state index >= 15 is 0 Å². The van der Waals surface area contributed by atoms with E-state index in [2.05, 4.69) is 10.3 Å². The molecule has 1 amide bonds. The molecular weight excluding hydrogens is 260 g/mol. The third-order valence-corrected chi connectivity index (χ3v) is 4.71. The van der Waals surface area contributed by atoms with Crippen molar-refractivity contribution in [3.8, 4) is 0 Å². The van der Waals surface area contributed by atoms with Gasteiger partial charge in [0.15, 0.2) is 0 Å². The van der Waals surface area contributed by atoms with Crippen LogP contribution in [-0.4, -0.2) is 39.6 Å². The van der Waals surface area contributed by atoms with E-state index in [9.17, 15) is 9.90 Å². The minimum absolute atomic E-state index is 0.131. The number of hydrogen-bond acceptors (Lipinski definition) is 3. The molecule has 3 N–H and O–H groups in total. The number of amides is 1.